The first kappa shape index (κ1) is 16.1. The van der Waals surface area contributed by atoms with Crippen molar-refractivity contribution in [2.45, 2.75) is 31.9 Å². The van der Waals surface area contributed by atoms with E-state index in [2.05, 4.69) is 44.9 Å². The van der Waals surface area contributed by atoms with E-state index in [4.69, 9.17) is 10.5 Å². The molecule has 0 radical (unpaired) electrons. The maximum Gasteiger partial charge on any atom is 0.148 e. The van der Waals surface area contributed by atoms with E-state index in [1.165, 1.54) is 5.56 Å². The first-order chi connectivity index (χ1) is 11.8. The highest BCUT2D eigenvalue weighted by molar-refractivity contribution is 5.28. The normalized spacial score (nSPS) is 12.0. The van der Waals surface area contributed by atoms with Crippen LogP contribution >= 0.6 is 0 Å². The average Bonchev–Trinajstić information content (AvgIpc) is 3.14. The molecule has 2 aromatic carbocycles. The molecule has 6 nitrogen and oxygen atoms in total. The largest absolute Gasteiger partial charge is 0.489 e. The van der Waals surface area contributed by atoms with E-state index in [0.717, 1.165) is 36.4 Å². The number of nitrogens with two attached hydrogens (primary N) is 1. The van der Waals surface area contributed by atoms with Crippen molar-refractivity contribution < 1.29 is 4.74 Å². The zero-order chi connectivity index (χ0) is 16.6. The van der Waals surface area contributed by atoms with Gasteiger partial charge in [-0.2, -0.15) is 0 Å². The fourth-order valence-electron chi connectivity index (χ4n) is 2.47. The Morgan fingerprint density at radius 3 is 2.50 bits per heavy atom. The van der Waals surface area contributed by atoms with Crippen LogP contribution in [0.1, 0.15) is 23.4 Å². The highest BCUT2D eigenvalue weighted by atomic mass is 16.5. The predicted molar refractivity (Wildman–Crippen MR) is 91.4 cm³/mol. The monoisotopic (exact) mass is 323 g/mol. The maximum atomic E-state index is 6.18. The van der Waals surface area contributed by atoms with E-state index in [9.17, 15) is 0 Å². The van der Waals surface area contributed by atoms with Gasteiger partial charge in [0, 0.05) is 12.5 Å². The fraction of sp³-hybridized carbons (Fsp3) is 0.278. The van der Waals surface area contributed by atoms with Gasteiger partial charge in [-0.05, 0) is 46.5 Å². The number of H-pyrrole nitrogens is 1. The lowest BCUT2D eigenvalue weighted by Gasteiger charge is -2.11. The van der Waals surface area contributed by atoms with Crippen LogP contribution in [0.3, 0.4) is 0 Å². The molecule has 124 valence electrons. The molecule has 3 rings (SSSR count). The second-order valence-corrected chi connectivity index (χ2v) is 5.77. The second-order valence-electron chi connectivity index (χ2n) is 5.77. The first-order valence-electron chi connectivity index (χ1n) is 8.03. The van der Waals surface area contributed by atoms with Gasteiger partial charge in [0.1, 0.15) is 18.2 Å². The quantitative estimate of drug-likeness (QED) is 0.664. The Balaban J connectivity index is 1.45. The lowest BCUT2D eigenvalue weighted by Crippen LogP contribution is -2.23. The minimum absolute atomic E-state index is 0.0752. The van der Waals surface area contributed by atoms with Crippen LogP contribution in [0.15, 0.2) is 54.6 Å². The number of benzene rings is 2. The molecule has 3 N–H and O–H groups in total. The Bertz CT molecular complexity index is 713. The van der Waals surface area contributed by atoms with Crippen LogP contribution in [0.25, 0.3) is 0 Å². The highest BCUT2D eigenvalue weighted by Crippen LogP contribution is 2.15. The summed E-state index contributed by atoms with van der Waals surface area (Å²) in [6.07, 6.45) is 2.41. The van der Waals surface area contributed by atoms with Crippen molar-refractivity contribution in [3.8, 4) is 5.75 Å². The summed E-state index contributed by atoms with van der Waals surface area (Å²) in [4.78, 5) is 0. The third kappa shape index (κ3) is 4.89. The van der Waals surface area contributed by atoms with E-state index in [1.54, 1.807) is 0 Å². The molecule has 0 saturated heterocycles. The number of rotatable bonds is 8. The number of ether oxygens (including phenoxy) is 1. The van der Waals surface area contributed by atoms with Gasteiger partial charge in [-0.3, -0.25) is 0 Å². The van der Waals surface area contributed by atoms with Crippen LogP contribution < -0.4 is 10.5 Å². The van der Waals surface area contributed by atoms with Gasteiger partial charge in [0.15, 0.2) is 0 Å². The molecule has 24 heavy (non-hydrogen) atoms. The second kappa shape index (κ2) is 8.21. The average molecular weight is 323 g/mol. The molecule has 0 aliphatic carbocycles. The molecule has 0 spiro atoms. The van der Waals surface area contributed by atoms with Crippen molar-refractivity contribution in [1.82, 2.24) is 20.6 Å². The molecular formula is C18H21N5O. The molecule has 0 saturated carbocycles. The van der Waals surface area contributed by atoms with E-state index in [0.29, 0.717) is 6.61 Å². The number of aromatic amines is 1. The smallest absolute Gasteiger partial charge is 0.148 e. The zero-order valence-electron chi connectivity index (χ0n) is 13.4. The standard InChI is InChI=1S/C18H21N5O/c19-16(8-11-18-20-22-23-21-18)12-14-6-9-17(10-7-14)24-13-15-4-2-1-3-5-15/h1-7,9-10,16H,8,11-13,19H2,(H,20,21,22,23). The number of hydrogen-bond donors (Lipinski definition) is 2. The molecule has 1 aromatic heterocycles. The summed E-state index contributed by atoms with van der Waals surface area (Å²) >= 11 is 0. The summed E-state index contributed by atoms with van der Waals surface area (Å²) in [5.74, 6) is 1.64. The van der Waals surface area contributed by atoms with Gasteiger partial charge in [-0.15, -0.1) is 5.10 Å². The number of aryl methyl sites for hydroxylation is 1. The van der Waals surface area contributed by atoms with Crippen molar-refractivity contribution >= 4 is 0 Å². The minimum atomic E-state index is 0.0752. The van der Waals surface area contributed by atoms with Crippen LogP contribution in [0.4, 0.5) is 0 Å². The summed E-state index contributed by atoms with van der Waals surface area (Å²) in [7, 11) is 0. The number of nitrogens with one attached hydrogen (secondary N) is 1. The molecule has 0 bridgehead atoms. The topological polar surface area (TPSA) is 89.7 Å². The number of tetrazole rings is 1. The van der Waals surface area contributed by atoms with E-state index < -0.39 is 0 Å². The Labute approximate surface area is 141 Å². The molecule has 1 atom stereocenters. The maximum absolute atomic E-state index is 6.18. The third-order valence-corrected chi connectivity index (χ3v) is 3.81. The summed E-state index contributed by atoms with van der Waals surface area (Å²) in [5, 5.41) is 13.7. The fourth-order valence-corrected chi connectivity index (χ4v) is 2.47. The molecule has 0 aliphatic rings. The Morgan fingerprint density at radius 2 is 1.79 bits per heavy atom. The van der Waals surface area contributed by atoms with Crippen LogP contribution in [0.5, 0.6) is 5.75 Å². The van der Waals surface area contributed by atoms with Gasteiger partial charge < -0.3 is 10.5 Å². The number of nitrogens with zero attached hydrogens (tertiary/aromatic N) is 3. The van der Waals surface area contributed by atoms with Gasteiger partial charge in [0.05, 0.1) is 0 Å². The molecule has 1 heterocycles. The van der Waals surface area contributed by atoms with Gasteiger partial charge >= 0.3 is 0 Å². The molecule has 0 fully saturated rings. The van der Waals surface area contributed by atoms with Crippen LogP contribution in [-0.2, 0) is 19.4 Å². The van der Waals surface area contributed by atoms with Gasteiger partial charge in [0.25, 0.3) is 0 Å². The SMILES string of the molecule is NC(CCc1nnn[nH]1)Cc1ccc(OCc2ccccc2)cc1. The van der Waals surface area contributed by atoms with Crippen LogP contribution in [0.2, 0.25) is 0 Å². The Morgan fingerprint density at radius 1 is 1.00 bits per heavy atom. The van der Waals surface area contributed by atoms with Crippen molar-refractivity contribution in [2.24, 2.45) is 5.73 Å². The molecule has 6 heteroatoms. The minimum Gasteiger partial charge on any atom is -0.489 e. The lowest BCUT2D eigenvalue weighted by atomic mass is 10.0. The zero-order valence-corrected chi connectivity index (χ0v) is 13.4. The van der Waals surface area contributed by atoms with Crippen molar-refractivity contribution in [3.63, 3.8) is 0 Å². The molecule has 3 aromatic rings. The lowest BCUT2D eigenvalue weighted by molar-refractivity contribution is 0.306. The van der Waals surface area contributed by atoms with Crippen molar-refractivity contribution in [3.05, 3.63) is 71.5 Å². The van der Waals surface area contributed by atoms with Crippen LogP contribution in [-0.4, -0.2) is 26.7 Å². The molecule has 1 unspecified atom stereocenters. The summed E-state index contributed by atoms with van der Waals surface area (Å²) in [5.41, 5.74) is 8.54. The number of aromatic nitrogens is 4. The predicted octanol–water partition coefficient (Wildman–Crippen LogP) is 2.28. The van der Waals surface area contributed by atoms with E-state index >= 15 is 0 Å². The van der Waals surface area contributed by atoms with E-state index in [-0.39, 0.29) is 6.04 Å². The highest BCUT2D eigenvalue weighted by Gasteiger charge is 2.07. The Kier molecular flexibility index (Phi) is 5.52. The summed E-state index contributed by atoms with van der Waals surface area (Å²) in [6.45, 7) is 0.574. The summed E-state index contributed by atoms with van der Waals surface area (Å²) < 4.78 is 5.79. The number of hydrogen-bond acceptors (Lipinski definition) is 5. The van der Waals surface area contributed by atoms with Crippen molar-refractivity contribution in [2.75, 3.05) is 0 Å². The first-order valence-corrected chi connectivity index (χ1v) is 8.03. The van der Waals surface area contributed by atoms with Gasteiger partial charge in [0.2, 0.25) is 0 Å². The van der Waals surface area contributed by atoms with Gasteiger partial charge in [-0.25, -0.2) is 5.10 Å². The Hall–Kier alpha value is -2.73. The summed E-state index contributed by atoms with van der Waals surface area (Å²) in [6, 6.07) is 18.3. The van der Waals surface area contributed by atoms with Crippen LogP contribution in [0, 0.1) is 0 Å². The molecular weight excluding hydrogens is 302 g/mol. The molecule has 0 amide bonds. The third-order valence-electron chi connectivity index (χ3n) is 3.81. The molecule has 0 aliphatic heterocycles. The van der Waals surface area contributed by atoms with Gasteiger partial charge in [-0.1, -0.05) is 42.5 Å². The van der Waals surface area contributed by atoms with Crippen molar-refractivity contribution in [1.29, 1.82) is 0 Å². The van der Waals surface area contributed by atoms with E-state index in [1.807, 2.05) is 30.3 Å².